The Kier molecular flexibility index (Phi) is 6.00. The van der Waals surface area contributed by atoms with Crippen molar-refractivity contribution < 1.29 is 14.4 Å². The summed E-state index contributed by atoms with van der Waals surface area (Å²) >= 11 is 5.01. The molecule has 3 aromatic carbocycles. The lowest BCUT2D eigenvalue weighted by Gasteiger charge is -2.45. The summed E-state index contributed by atoms with van der Waals surface area (Å²) in [7, 11) is 0. The lowest BCUT2D eigenvalue weighted by molar-refractivity contribution is -0.146. The monoisotopic (exact) mass is 560 g/mol. The summed E-state index contributed by atoms with van der Waals surface area (Å²) in [5.41, 5.74) is 5.15. The third-order valence-corrected chi connectivity index (χ3v) is 8.98. The molecule has 4 aliphatic rings. The molecule has 3 aromatic rings. The molecule has 1 heterocycles. The highest BCUT2D eigenvalue weighted by Gasteiger charge is 2.62. The standard InChI is InChI=1S/C29H25BrN2O3S/c1-36-15-14-22(27(33)31-17-12-10-16(30)11-13-17)32-28(34)25-23-18-6-2-3-7-19(18)24(26(25)29(32)35)21-9-5-4-8-20(21)23/h2-13,22-26H,14-15H2,1H3,(H,31,33)/t22-,23?,24?,25-,26+/m1/s1. The lowest BCUT2D eigenvalue weighted by Crippen LogP contribution is -2.48. The molecule has 36 heavy (non-hydrogen) atoms. The van der Waals surface area contributed by atoms with Crippen LogP contribution in [0.4, 0.5) is 5.69 Å². The first-order chi connectivity index (χ1) is 17.5. The fourth-order valence-electron chi connectivity index (χ4n) is 6.37. The number of nitrogens with zero attached hydrogens (tertiary/aromatic N) is 1. The third-order valence-electron chi connectivity index (χ3n) is 7.80. The van der Waals surface area contributed by atoms with Crippen molar-refractivity contribution in [3.63, 3.8) is 0 Å². The molecule has 2 bridgehead atoms. The highest BCUT2D eigenvalue weighted by atomic mass is 79.9. The Morgan fingerprint density at radius 1 is 0.861 bits per heavy atom. The molecule has 7 heteroatoms. The number of thioether (sulfide) groups is 1. The average Bonchev–Trinajstić information content (AvgIpc) is 3.16. The number of halogens is 1. The minimum atomic E-state index is -0.850. The van der Waals surface area contributed by atoms with Crippen molar-refractivity contribution in [3.05, 3.63) is 99.5 Å². The van der Waals surface area contributed by atoms with E-state index in [2.05, 4.69) is 45.5 Å². The Bertz CT molecular complexity index is 1260. The zero-order valence-corrected chi connectivity index (χ0v) is 22.1. The summed E-state index contributed by atoms with van der Waals surface area (Å²) < 4.78 is 0.906. The predicted molar refractivity (Wildman–Crippen MR) is 145 cm³/mol. The fourth-order valence-corrected chi connectivity index (χ4v) is 7.10. The van der Waals surface area contributed by atoms with E-state index in [1.165, 1.54) is 4.90 Å². The van der Waals surface area contributed by atoms with Gasteiger partial charge in [0.15, 0.2) is 0 Å². The molecule has 3 amide bonds. The van der Waals surface area contributed by atoms with Crippen LogP contribution in [0.5, 0.6) is 0 Å². The quantitative estimate of drug-likeness (QED) is 0.410. The number of rotatable bonds is 6. The van der Waals surface area contributed by atoms with Gasteiger partial charge in [0.1, 0.15) is 6.04 Å². The van der Waals surface area contributed by atoms with E-state index in [0.29, 0.717) is 17.9 Å². The Hall–Kier alpha value is -2.90. The van der Waals surface area contributed by atoms with E-state index in [4.69, 9.17) is 0 Å². The Balaban J connectivity index is 1.39. The largest absolute Gasteiger partial charge is 0.324 e. The summed E-state index contributed by atoms with van der Waals surface area (Å²) in [6.45, 7) is 0. The molecule has 0 spiro atoms. The zero-order valence-electron chi connectivity index (χ0n) is 19.7. The summed E-state index contributed by atoms with van der Waals surface area (Å²) in [6.07, 6.45) is 2.38. The van der Waals surface area contributed by atoms with E-state index in [9.17, 15) is 14.4 Å². The van der Waals surface area contributed by atoms with Crippen molar-refractivity contribution >= 4 is 51.1 Å². The van der Waals surface area contributed by atoms with E-state index in [1.807, 2.05) is 42.7 Å². The van der Waals surface area contributed by atoms with Gasteiger partial charge in [0.05, 0.1) is 11.8 Å². The second-order valence-corrected chi connectivity index (χ2v) is 11.5. The summed E-state index contributed by atoms with van der Waals surface area (Å²) in [5, 5.41) is 2.93. The van der Waals surface area contributed by atoms with Crippen molar-refractivity contribution in [1.82, 2.24) is 4.90 Å². The topological polar surface area (TPSA) is 66.5 Å². The normalized spacial score (nSPS) is 24.2. The minimum absolute atomic E-state index is 0.176. The van der Waals surface area contributed by atoms with Crippen molar-refractivity contribution in [2.24, 2.45) is 11.8 Å². The van der Waals surface area contributed by atoms with Gasteiger partial charge in [-0.3, -0.25) is 19.3 Å². The molecule has 1 saturated heterocycles. The predicted octanol–water partition coefficient (Wildman–Crippen LogP) is 5.40. The van der Waals surface area contributed by atoms with Gasteiger partial charge in [0.25, 0.3) is 0 Å². The Morgan fingerprint density at radius 3 is 1.78 bits per heavy atom. The molecule has 3 aliphatic carbocycles. The van der Waals surface area contributed by atoms with E-state index in [-0.39, 0.29) is 29.6 Å². The van der Waals surface area contributed by atoms with Gasteiger partial charge in [-0.15, -0.1) is 0 Å². The van der Waals surface area contributed by atoms with Crippen LogP contribution in [0.2, 0.25) is 0 Å². The molecule has 1 aliphatic heterocycles. The number of anilines is 1. The number of carbonyl (C=O) groups is 3. The first-order valence-electron chi connectivity index (χ1n) is 12.1. The van der Waals surface area contributed by atoms with Crippen LogP contribution < -0.4 is 5.32 Å². The van der Waals surface area contributed by atoms with Crippen LogP contribution in [0, 0.1) is 11.8 Å². The number of amides is 3. The summed E-state index contributed by atoms with van der Waals surface area (Å²) in [4.78, 5) is 43.0. The molecule has 1 N–H and O–H groups in total. The maximum Gasteiger partial charge on any atom is 0.247 e. The molecule has 0 aromatic heterocycles. The molecule has 0 radical (unpaired) electrons. The van der Waals surface area contributed by atoms with Crippen molar-refractivity contribution in [2.45, 2.75) is 24.3 Å². The van der Waals surface area contributed by atoms with Crippen LogP contribution in [0.15, 0.2) is 77.3 Å². The van der Waals surface area contributed by atoms with Gasteiger partial charge < -0.3 is 5.32 Å². The maximum atomic E-state index is 14.1. The second-order valence-electron chi connectivity index (χ2n) is 9.60. The number of benzene rings is 3. The van der Waals surface area contributed by atoms with E-state index >= 15 is 0 Å². The van der Waals surface area contributed by atoms with E-state index in [1.54, 1.807) is 23.9 Å². The van der Waals surface area contributed by atoms with Gasteiger partial charge in [0, 0.05) is 22.0 Å². The molecule has 0 saturated carbocycles. The van der Waals surface area contributed by atoms with Crippen LogP contribution in [0.3, 0.4) is 0 Å². The van der Waals surface area contributed by atoms with Gasteiger partial charge in [0.2, 0.25) is 17.7 Å². The van der Waals surface area contributed by atoms with Crippen LogP contribution in [0.25, 0.3) is 0 Å². The van der Waals surface area contributed by atoms with Crippen LogP contribution in [-0.2, 0) is 14.4 Å². The first-order valence-corrected chi connectivity index (χ1v) is 14.3. The molecular formula is C29H25BrN2O3S. The lowest BCUT2D eigenvalue weighted by atomic mass is 9.55. The van der Waals surface area contributed by atoms with Gasteiger partial charge >= 0.3 is 0 Å². The SMILES string of the molecule is CSCC[C@H](C(=O)Nc1ccc(Br)cc1)N1C(=O)[C@@H]2C3c4ccccc4C(c4ccccc43)[C@@H]2C1=O. The minimum Gasteiger partial charge on any atom is -0.324 e. The van der Waals surface area contributed by atoms with Crippen molar-refractivity contribution in [3.8, 4) is 0 Å². The van der Waals surface area contributed by atoms with Crippen molar-refractivity contribution in [1.29, 1.82) is 0 Å². The number of carbonyl (C=O) groups excluding carboxylic acids is 3. The molecule has 0 unspecified atom stereocenters. The number of imide groups is 1. The summed E-state index contributed by atoms with van der Waals surface area (Å²) in [6, 6.07) is 22.8. The van der Waals surface area contributed by atoms with Gasteiger partial charge in [-0.25, -0.2) is 0 Å². The smallest absolute Gasteiger partial charge is 0.247 e. The first kappa shape index (κ1) is 23.5. The van der Waals surface area contributed by atoms with Crippen LogP contribution in [-0.4, -0.2) is 40.7 Å². The van der Waals surface area contributed by atoms with Crippen LogP contribution >= 0.6 is 27.7 Å². The number of hydrogen-bond donors (Lipinski definition) is 1. The molecule has 182 valence electrons. The van der Waals surface area contributed by atoms with E-state index in [0.717, 1.165) is 26.7 Å². The Labute approximate surface area is 222 Å². The molecule has 3 atom stereocenters. The third kappa shape index (κ3) is 3.55. The van der Waals surface area contributed by atoms with E-state index < -0.39 is 17.9 Å². The van der Waals surface area contributed by atoms with Gasteiger partial charge in [-0.2, -0.15) is 11.8 Å². The Morgan fingerprint density at radius 2 is 1.33 bits per heavy atom. The summed E-state index contributed by atoms with van der Waals surface area (Å²) in [5.74, 6) is -1.42. The van der Waals surface area contributed by atoms with Crippen molar-refractivity contribution in [2.75, 3.05) is 17.3 Å². The molecule has 7 rings (SSSR count). The molecular weight excluding hydrogens is 536 g/mol. The maximum absolute atomic E-state index is 14.1. The number of likely N-dealkylation sites (tertiary alicyclic amines) is 1. The van der Waals surface area contributed by atoms with Crippen LogP contribution in [0.1, 0.15) is 40.5 Å². The number of nitrogens with one attached hydrogen (secondary N) is 1. The number of hydrogen-bond acceptors (Lipinski definition) is 4. The molecule has 5 nitrogen and oxygen atoms in total. The highest BCUT2D eigenvalue weighted by molar-refractivity contribution is 9.10. The average molecular weight is 562 g/mol. The molecule has 1 fully saturated rings. The second kappa shape index (κ2) is 9.20. The zero-order chi connectivity index (χ0) is 25.0. The fraction of sp³-hybridized carbons (Fsp3) is 0.276. The highest BCUT2D eigenvalue weighted by Crippen LogP contribution is 2.61. The van der Waals surface area contributed by atoms with Gasteiger partial charge in [-0.05, 0) is 64.9 Å². The van der Waals surface area contributed by atoms with Gasteiger partial charge in [-0.1, -0.05) is 64.5 Å².